The van der Waals surface area contributed by atoms with E-state index in [1.165, 1.54) is 17.8 Å². The molecule has 1 aromatic heterocycles. The lowest BCUT2D eigenvalue weighted by atomic mass is 10.0. The van der Waals surface area contributed by atoms with Crippen LogP contribution in [0.4, 0.5) is 4.39 Å². The predicted molar refractivity (Wildman–Crippen MR) is 114 cm³/mol. The van der Waals surface area contributed by atoms with Crippen LogP contribution in [0.25, 0.3) is 16.8 Å². The van der Waals surface area contributed by atoms with Crippen LogP contribution in [0.2, 0.25) is 0 Å². The molecule has 3 aromatic carbocycles. The lowest BCUT2D eigenvalue weighted by molar-refractivity contribution is 0.289. The molecule has 158 valence electrons. The molecule has 7 nitrogen and oxygen atoms in total. The van der Waals surface area contributed by atoms with Gasteiger partial charge in [0.05, 0.1) is 12.8 Å². The van der Waals surface area contributed by atoms with E-state index in [0.717, 1.165) is 26.9 Å². The van der Waals surface area contributed by atoms with Crippen molar-refractivity contribution in [1.29, 1.82) is 0 Å². The third-order valence-electron chi connectivity index (χ3n) is 5.04. The van der Waals surface area contributed by atoms with E-state index in [1.54, 1.807) is 25.3 Å². The Kier molecular flexibility index (Phi) is 5.53. The fourth-order valence-corrected chi connectivity index (χ4v) is 3.28. The first-order chi connectivity index (χ1) is 15.0. The lowest BCUT2D eigenvalue weighted by Crippen LogP contribution is -2.23. The van der Waals surface area contributed by atoms with Crippen LogP contribution in [0.5, 0.6) is 11.5 Å². The average Bonchev–Trinajstić information content (AvgIpc) is 3.12. The summed E-state index contributed by atoms with van der Waals surface area (Å²) in [5, 5.41) is 7.67. The minimum Gasteiger partial charge on any atom is -0.497 e. The van der Waals surface area contributed by atoms with E-state index in [0.29, 0.717) is 11.4 Å². The summed E-state index contributed by atoms with van der Waals surface area (Å²) in [4.78, 5) is 12.3. The Morgan fingerprint density at radius 1 is 1.00 bits per heavy atom. The number of tetrazole rings is 1. The van der Waals surface area contributed by atoms with Gasteiger partial charge in [-0.1, -0.05) is 30.3 Å². The number of aromatic nitrogens is 4. The summed E-state index contributed by atoms with van der Waals surface area (Å²) in [6, 6.07) is 17.7. The van der Waals surface area contributed by atoms with E-state index in [4.69, 9.17) is 9.47 Å². The molecule has 1 heterocycles. The molecule has 0 saturated heterocycles. The van der Waals surface area contributed by atoms with E-state index in [9.17, 15) is 9.18 Å². The zero-order valence-electron chi connectivity index (χ0n) is 17.4. The van der Waals surface area contributed by atoms with E-state index in [2.05, 4.69) is 10.4 Å². The van der Waals surface area contributed by atoms with Crippen molar-refractivity contribution in [1.82, 2.24) is 19.8 Å². The Bertz CT molecular complexity index is 1300. The Morgan fingerprint density at radius 3 is 2.52 bits per heavy atom. The summed E-state index contributed by atoms with van der Waals surface area (Å²) in [7, 11) is 3.12. The van der Waals surface area contributed by atoms with Gasteiger partial charge in [-0.3, -0.25) is 0 Å². The fourth-order valence-electron chi connectivity index (χ4n) is 3.28. The van der Waals surface area contributed by atoms with Gasteiger partial charge in [0.1, 0.15) is 12.4 Å². The molecule has 0 unspecified atom stereocenters. The molecule has 0 spiro atoms. The molecule has 0 aliphatic rings. The van der Waals surface area contributed by atoms with Crippen molar-refractivity contribution in [2.75, 3.05) is 7.11 Å². The summed E-state index contributed by atoms with van der Waals surface area (Å²) >= 11 is 0. The second kappa shape index (κ2) is 8.43. The minimum absolute atomic E-state index is 0.0590. The van der Waals surface area contributed by atoms with Crippen LogP contribution in [0.15, 0.2) is 65.5 Å². The number of ether oxygens (including phenoxy) is 2. The van der Waals surface area contributed by atoms with E-state index in [-0.39, 0.29) is 18.0 Å². The van der Waals surface area contributed by atoms with Gasteiger partial charge in [0.2, 0.25) is 0 Å². The van der Waals surface area contributed by atoms with Gasteiger partial charge in [-0.05, 0) is 64.4 Å². The number of rotatable bonds is 6. The first-order valence-corrected chi connectivity index (χ1v) is 9.62. The van der Waals surface area contributed by atoms with Gasteiger partial charge in [-0.2, -0.15) is 9.36 Å². The molecule has 0 aliphatic carbocycles. The highest BCUT2D eigenvalue weighted by Gasteiger charge is 2.15. The van der Waals surface area contributed by atoms with E-state index < -0.39 is 5.82 Å². The molecule has 4 aromatic rings. The third kappa shape index (κ3) is 4.05. The molecular weight excluding hydrogens is 399 g/mol. The maximum Gasteiger partial charge on any atom is 0.368 e. The Balaban J connectivity index is 1.66. The molecule has 0 radical (unpaired) electrons. The van der Waals surface area contributed by atoms with Crippen molar-refractivity contribution in [3.63, 3.8) is 0 Å². The zero-order chi connectivity index (χ0) is 22.0. The zero-order valence-corrected chi connectivity index (χ0v) is 17.4. The normalized spacial score (nSPS) is 10.8. The van der Waals surface area contributed by atoms with Crippen molar-refractivity contribution in [2.24, 2.45) is 7.05 Å². The van der Waals surface area contributed by atoms with Gasteiger partial charge in [0, 0.05) is 12.6 Å². The first kappa shape index (κ1) is 20.3. The van der Waals surface area contributed by atoms with E-state index >= 15 is 0 Å². The number of halogens is 1. The summed E-state index contributed by atoms with van der Waals surface area (Å²) in [5.74, 6) is 0.350. The monoisotopic (exact) mass is 420 g/mol. The number of benzene rings is 3. The highest BCUT2D eigenvalue weighted by atomic mass is 19.1. The maximum atomic E-state index is 14.5. The number of methoxy groups -OCH3 is 1. The fraction of sp³-hybridized carbons (Fsp3) is 0.174. The second-order valence-electron chi connectivity index (χ2n) is 7.04. The molecular formula is C23H21FN4O3. The van der Waals surface area contributed by atoms with Crippen molar-refractivity contribution >= 4 is 0 Å². The topological polar surface area (TPSA) is 71.2 Å². The van der Waals surface area contributed by atoms with Crippen molar-refractivity contribution < 1.29 is 13.9 Å². The molecule has 8 heteroatoms. The van der Waals surface area contributed by atoms with Gasteiger partial charge in [-0.15, -0.1) is 0 Å². The van der Waals surface area contributed by atoms with Gasteiger partial charge in [0.15, 0.2) is 11.6 Å². The standard InChI is InChI=1S/C23H21FN4O3/c1-15-6-4-9-21(28-23(29)27(2)25-26-28)19(15)14-31-22-13-17(10-11-20(22)24)16-7-5-8-18(12-16)30-3/h4-13H,14H2,1-3H3. The third-order valence-corrected chi connectivity index (χ3v) is 5.04. The number of hydrogen-bond acceptors (Lipinski definition) is 5. The molecule has 0 bridgehead atoms. The van der Waals surface area contributed by atoms with Gasteiger partial charge in [0.25, 0.3) is 0 Å². The molecule has 0 fully saturated rings. The molecule has 0 N–H and O–H groups in total. The SMILES string of the molecule is COc1cccc(-c2ccc(F)c(OCc3c(C)cccc3-n3nnn(C)c3=O)c2)c1. The van der Waals surface area contributed by atoms with Crippen molar-refractivity contribution in [3.8, 4) is 28.3 Å². The molecule has 4 rings (SSSR count). The van der Waals surface area contributed by atoms with Gasteiger partial charge in [-0.25, -0.2) is 9.18 Å². The first-order valence-electron chi connectivity index (χ1n) is 9.62. The second-order valence-corrected chi connectivity index (χ2v) is 7.04. The molecule has 0 saturated carbocycles. The summed E-state index contributed by atoms with van der Waals surface area (Å²) < 4.78 is 28.0. The van der Waals surface area contributed by atoms with Crippen LogP contribution >= 0.6 is 0 Å². The number of hydrogen-bond donors (Lipinski definition) is 0. The average molecular weight is 420 g/mol. The molecule has 0 atom stereocenters. The molecule has 0 amide bonds. The maximum absolute atomic E-state index is 14.5. The number of nitrogens with zero attached hydrogens (tertiary/aromatic N) is 4. The summed E-state index contributed by atoms with van der Waals surface area (Å²) in [6.07, 6.45) is 0. The summed E-state index contributed by atoms with van der Waals surface area (Å²) in [5.41, 5.74) is 3.45. The Hall–Kier alpha value is -3.94. The smallest absolute Gasteiger partial charge is 0.368 e. The highest BCUT2D eigenvalue weighted by Crippen LogP contribution is 2.30. The predicted octanol–water partition coefficient (Wildman–Crippen LogP) is 3.67. The van der Waals surface area contributed by atoms with Crippen LogP contribution in [0.3, 0.4) is 0 Å². The van der Waals surface area contributed by atoms with Crippen LogP contribution in [-0.4, -0.2) is 26.9 Å². The van der Waals surface area contributed by atoms with Gasteiger partial charge >= 0.3 is 5.69 Å². The molecule has 0 aliphatic heterocycles. The van der Waals surface area contributed by atoms with Crippen LogP contribution in [0, 0.1) is 12.7 Å². The van der Waals surface area contributed by atoms with Crippen LogP contribution in [-0.2, 0) is 13.7 Å². The van der Waals surface area contributed by atoms with Crippen LogP contribution < -0.4 is 15.2 Å². The largest absolute Gasteiger partial charge is 0.497 e. The van der Waals surface area contributed by atoms with Crippen LogP contribution in [0.1, 0.15) is 11.1 Å². The minimum atomic E-state index is -0.474. The number of aryl methyl sites for hydroxylation is 2. The lowest BCUT2D eigenvalue weighted by Gasteiger charge is -2.14. The van der Waals surface area contributed by atoms with E-state index in [1.807, 2.05) is 43.3 Å². The Morgan fingerprint density at radius 2 is 1.77 bits per heavy atom. The highest BCUT2D eigenvalue weighted by molar-refractivity contribution is 5.66. The van der Waals surface area contributed by atoms with Crippen molar-refractivity contribution in [3.05, 3.63) is 88.1 Å². The Labute approximate surface area is 178 Å². The van der Waals surface area contributed by atoms with Crippen molar-refractivity contribution in [2.45, 2.75) is 13.5 Å². The molecule has 31 heavy (non-hydrogen) atoms. The summed E-state index contributed by atoms with van der Waals surface area (Å²) in [6.45, 7) is 1.95. The van der Waals surface area contributed by atoms with Gasteiger partial charge < -0.3 is 9.47 Å². The quantitative estimate of drug-likeness (QED) is 0.476.